The molecule has 0 aliphatic heterocycles. The molecule has 0 aromatic heterocycles. The molecule has 0 heterocycles. The van der Waals surface area contributed by atoms with Crippen LogP contribution in [0.2, 0.25) is 0 Å². The molecule has 1 atom stereocenters. The van der Waals surface area contributed by atoms with E-state index in [1.54, 1.807) is 0 Å². The molecule has 0 fully saturated rings. The molecule has 0 amide bonds. The third kappa shape index (κ3) is 12.0. The second-order valence-electron chi connectivity index (χ2n) is 4.98. The SMILES string of the molecule is CCCCCCC(C)NCCCOC(C)C. The molecule has 0 saturated carbocycles. The smallest absolute Gasteiger partial charge is 0.0518 e. The van der Waals surface area contributed by atoms with Crippen LogP contribution in [0.4, 0.5) is 0 Å². The zero-order valence-corrected chi connectivity index (χ0v) is 11.7. The first kappa shape index (κ1) is 15.9. The van der Waals surface area contributed by atoms with Crippen molar-refractivity contribution in [2.75, 3.05) is 13.2 Å². The number of rotatable bonds is 11. The number of hydrogen-bond donors (Lipinski definition) is 1. The molecule has 0 spiro atoms. The first-order valence-electron chi connectivity index (χ1n) is 7.01. The van der Waals surface area contributed by atoms with Crippen molar-refractivity contribution in [1.82, 2.24) is 5.32 Å². The summed E-state index contributed by atoms with van der Waals surface area (Å²) < 4.78 is 5.50. The molecule has 0 bridgehead atoms. The Morgan fingerprint density at radius 2 is 1.75 bits per heavy atom. The van der Waals surface area contributed by atoms with Crippen LogP contribution < -0.4 is 5.32 Å². The third-order valence-electron chi connectivity index (χ3n) is 2.76. The molecule has 0 rings (SSSR count). The Hall–Kier alpha value is -0.0800. The normalized spacial score (nSPS) is 13.3. The largest absolute Gasteiger partial charge is 0.379 e. The molecule has 98 valence electrons. The highest BCUT2D eigenvalue weighted by molar-refractivity contribution is 4.60. The standard InChI is InChI=1S/C14H31NO/c1-5-6-7-8-10-14(4)15-11-9-12-16-13(2)3/h13-15H,5-12H2,1-4H3. The summed E-state index contributed by atoms with van der Waals surface area (Å²) in [4.78, 5) is 0. The summed E-state index contributed by atoms with van der Waals surface area (Å²) in [7, 11) is 0. The zero-order valence-electron chi connectivity index (χ0n) is 11.7. The van der Waals surface area contributed by atoms with Crippen LogP contribution in [0.3, 0.4) is 0 Å². The average Bonchev–Trinajstić information content (AvgIpc) is 2.23. The van der Waals surface area contributed by atoms with Crippen LogP contribution in [-0.2, 0) is 4.74 Å². The second kappa shape index (κ2) is 11.4. The van der Waals surface area contributed by atoms with Crippen molar-refractivity contribution in [1.29, 1.82) is 0 Å². The molecule has 1 N–H and O–H groups in total. The topological polar surface area (TPSA) is 21.3 Å². The van der Waals surface area contributed by atoms with Gasteiger partial charge in [-0.1, -0.05) is 32.6 Å². The predicted octanol–water partition coefficient (Wildman–Crippen LogP) is 3.75. The minimum atomic E-state index is 0.367. The Morgan fingerprint density at radius 3 is 2.38 bits per heavy atom. The highest BCUT2D eigenvalue weighted by Gasteiger charge is 2.00. The van der Waals surface area contributed by atoms with E-state index in [1.807, 2.05) is 0 Å². The van der Waals surface area contributed by atoms with Crippen molar-refractivity contribution in [2.24, 2.45) is 0 Å². The van der Waals surface area contributed by atoms with E-state index in [1.165, 1.54) is 32.1 Å². The monoisotopic (exact) mass is 229 g/mol. The summed E-state index contributed by atoms with van der Waals surface area (Å²) in [6.45, 7) is 10.7. The van der Waals surface area contributed by atoms with E-state index in [0.717, 1.165) is 19.6 Å². The van der Waals surface area contributed by atoms with Crippen LogP contribution in [-0.4, -0.2) is 25.3 Å². The van der Waals surface area contributed by atoms with Gasteiger partial charge in [0.25, 0.3) is 0 Å². The van der Waals surface area contributed by atoms with E-state index >= 15 is 0 Å². The van der Waals surface area contributed by atoms with Gasteiger partial charge in [0.2, 0.25) is 0 Å². The molecule has 0 aliphatic rings. The number of nitrogens with one attached hydrogen (secondary N) is 1. The molecule has 1 unspecified atom stereocenters. The van der Waals surface area contributed by atoms with Gasteiger partial charge in [0.05, 0.1) is 6.10 Å². The zero-order chi connectivity index (χ0) is 12.2. The van der Waals surface area contributed by atoms with E-state index in [-0.39, 0.29) is 0 Å². The fraction of sp³-hybridized carbons (Fsp3) is 1.00. The number of hydrogen-bond acceptors (Lipinski definition) is 2. The molecular weight excluding hydrogens is 198 g/mol. The van der Waals surface area contributed by atoms with Gasteiger partial charge in [0, 0.05) is 12.6 Å². The van der Waals surface area contributed by atoms with Gasteiger partial charge < -0.3 is 10.1 Å². The van der Waals surface area contributed by atoms with Gasteiger partial charge in [0.15, 0.2) is 0 Å². The molecule has 0 saturated heterocycles. The fourth-order valence-electron chi connectivity index (χ4n) is 1.72. The first-order valence-corrected chi connectivity index (χ1v) is 7.01. The summed E-state index contributed by atoms with van der Waals surface area (Å²) in [6, 6.07) is 0.663. The summed E-state index contributed by atoms with van der Waals surface area (Å²) in [5.41, 5.74) is 0. The van der Waals surface area contributed by atoms with E-state index in [4.69, 9.17) is 4.74 Å². The van der Waals surface area contributed by atoms with Gasteiger partial charge in [-0.3, -0.25) is 0 Å². The van der Waals surface area contributed by atoms with Crippen LogP contribution in [0, 0.1) is 0 Å². The molecule has 0 radical (unpaired) electrons. The lowest BCUT2D eigenvalue weighted by Crippen LogP contribution is -2.27. The second-order valence-corrected chi connectivity index (χ2v) is 4.98. The van der Waals surface area contributed by atoms with Crippen LogP contribution in [0.25, 0.3) is 0 Å². The Balaban J connectivity index is 3.14. The average molecular weight is 229 g/mol. The molecule has 2 heteroatoms. The molecule has 2 nitrogen and oxygen atoms in total. The lowest BCUT2D eigenvalue weighted by atomic mass is 10.1. The Kier molecular flexibility index (Phi) is 11.3. The van der Waals surface area contributed by atoms with Crippen molar-refractivity contribution in [3.8, 4) is 0 Å². The van der Waals surface area contributed by atoms with E-state index in [2.05, 4.69) is 33.0 Å². The van der Waals surface area contributed by atoms with Gasteiger partial charge in [-0.2, -0.15) is 0 Å². The first-order chi connectivity index (χ1) is 7.66. The Morgan fingerprint density at radius 1 is 1.00 bits per heavy atom. The van der Waals surface area contributed by atoms with Crippen LogP contribution in [0.1, 0.15) is 66.2 Å². The van der Waals surface area contributed by atoms with Crippen molar-refractivity contribution < 1.29 is 4.74 Å². The summed E-state index contributed by atoms with van der Waals surface area (Å²) in [5, 5.41) is 3.55. The van der Waals surface area contributed by atoms with E-state index in [9.17, 15) is 0 Å². The third-order valence-corrected chi connectivity index (χ3v) is 2.76. The minimum absolute atomic E-state index is 0.367. The lowest BCUT2D eigenvalue weighted by molar-refractivity contribution is 0.0767. The number of ether oxygens (including phenoxy) is 1. The number of unbranched alkanes of at least 4 members (excludes halogenated alkanes) is 3. The molecule has 0 aliphatic carbocycles. The lowest BCUT2D eigenvalue weighted by Gasteiger charge is -2.14. The Labute approximate surface area is 102 Å². The highest BCUT2D eigenvalue weighted by atomic mass is 16.5. The summed E-state index contributed by atoms with van der Waals surface area (Å²) in [5.74, 6) is 0. The van der Waals surface area contributed by atoms with Crippen LogP contribution in [0.5, 0.6) is 0 Å². The summed E-state index contributed by atoms with van der Waals surface area (Å²) >= 11 is 0. The summed E-state index contributed by atoms with van der Waals surface area (Å²) in [6.07, 6.45) is 8.27. The fourth-order valence-corrected chi connectivity index (χ4v) is 1.72. The molecule has 16 heavy (non-hydrogen) atoms. The maximum absolute atomic E-state index is 5.50. The van der Waals surface area contributed by atoms with Gasteiger partial charge in [0.1, 0.15) is 0 Å². The minimum Gasteiger partial charge on any atom is -0.379 e. The Bertz CT molecular complexity index is 137. The van der Waals surface area contributed by atoms with Crippen molar-refractivity contribution in [2.45, 2.75) is 78.4 Å². The maximum atomic E-state index is 5.50. The van der Waals surface area contributed by atoms with Crippen molar-refractivity contribution in [3.63, 3.8) is 0 Å². The van der Waals surface area contributed by atoms with Crippen molar-refractivity contribution >= 4 is 0 Å². The quantitative estimate of drug-likeness (QED) is 0.545. The van der Waals surface area contributed by atoms with E-state index < -0.39 is 0 Å². The van der Waals surface area contributed by atoms with Crippen LogP contribution in [0.15, 0.2) is 0 Å². The predicted molar refractivity (Wildman–Crippen MR) is 71.9 cm³/mol. The highest BCUT2D eigenvalue weighted by Crippen LogP contribution is 2.05. The van der Waals surface area contributed by atoms with E-state index in [0.29, 0.717) is 12.1 Å². The maximum Gasteiger partial charge on any atom is 0.0518 e. The van der Waals surface area contributed by atoms with Crippen LogP contribution >= 0.6 is 0 Å². The molecule has 0 aromatic rings. The van der Waals surface area contributed by atoms with Gasteiger partial charge in [-0.25, -0.2) is 0 Å². The molecular formula is C14H31NO. The molecule has 0 aromatic carbocycles. The van der Waals surface area contributed by atoms with Gasteiger partial charge >= 0.3 is 0 Å². The van der Waals surface area contributed by atoms with Gasteiger partial charge in [-0.15, -0.1) is 0 Å². The van der Waals surface area contributed by atoms with Gasteiger partial charge in [-0.05, 0) is 40.2 Å². The van der Waals surface area contributed by atoms with Crippen molar-refractivity contribution in [3.05, 3.63) is 0 Å².